The standard InChI is InChI=1S/C15H14F2N6O/c16-14(17)11-7-13(24)21-15(20-11)23-5-3-22(4-6-23)12-2-1-10(8-18)9-19-12/h1-2,7,9,14H,3-6H2,(H,20,21,24). The highest BCUT2D eigenvalue weighted by atomic mass is 19.3. The van der Waals surface area contributed by atoms with Crippen molar-refractivity contribution in [3.05, 3.63) is 46.0 Å². The second kappa shape index (κ2) is 6.62. The van der Waals surface area contributed by atoms with E-state index in [1.54, 1.807) is 17.0 Å². The van der Waals surface area contributed by atoms with Crippen LogP contribution in [0.25, 0.3) is 0 Å². The third kappa shape index (κ3) is 3.32. The fourth-order valence-corrected chi connectivity index (χ4v) is 2.51. The fourth-order valence-electron chi connectivity index (χ4n) is 2.51. The molecule has 9 heteroatoms. The summed E-state index contributed by atoms with van der Waals surface area (Å²) in [5.74, 6) is 0.904. The van der Waals surface area contributed by atoms with Crippen molar-refractivity contribution >= 4 is 11.8 Å². The molecular formula is C15H14F2N6O. The van der Waals surface area contributed by atoms with Gasteiger partial charge in [0.05, 0.1) is 5.56 Å². The molecule has 0 spiro atoms. The molecule has 0 aliphatic carbocycles. The van der Waals surface area contributed by atoms with Gasteiger partial charge in [-0.1, -0.05) is 0 Å². The zero-order chi connectivity index (χ0) is 17.1. The zero-order valence-corrected chi connectivity index (χ0v) is 12.6. The smallest absolute Gasteiger partial charge is 0.280 e. The van der Waals surface area contributed by atoms with Crippen molar-refractivity contribution in [2.45, 2.75) is 6.43 Å². The van der Waals surface area contributed by atoms with E-state index in [1.165, 1.54) is 6.20 Å². The van der Waals surface area contributed by atoms with Gasteiger partial charge in [-0.05, 0) is 12.1 Å². The number of nitriles is 1. The van der Waals surface area contributed by atoms with E-state index in [1.807, 2.05) is 11.0 Å². The third-order valence-electron chi connectivity index (χ3n) is 3.75. The van der Waals surface area contributed by atoms with E-state index < -0.39 is 17.7 Å². The van der Waals surface area contributed by atoms with Crippen LogP contribution in [-0.4, -0.2) is 41.1 Å². The number of hydrogen-bond acceptors (Lipinski definition) is 6. The van der Waals surface area contributed by atoms with Gasteiger partial charge in [0.25, 0.3) is 12.0 Å². The van der Waals surface area contributed by atoms with Crippen LogP contribution in [0.5, 0.6) is 0 Å². The minimum Gasteiger partial charge on any atom is -0.353 e. The number of H-pyrrole nitrogens is 1. The number of aromatic nitrogens is 3. The molecule has 3 heterocycles. The molecule has 1 aliphatic heterocycles. The van der Waals surface area contributed by atoms with Crippen molar-refractivity contribution in [1.29, 1.82) is 5.26 Å². The first-order chi connectivity index (χ1) is 11.6. The van der Waals surface area contributed by atoms with Crippen molar-refractivity contribution in [2.75, 3.05) is 36.0 Å². The minimum absolute atomic E-state index is 0.158. The van der Waals surface area contributed by atoms with Gasteiger partial charge >= 0.3 is 0 Å². The number of nitrogens with one attached hydrogen (secondary N) is 1. The van der Waals surface area contributed by atoms with Gasteiger partial charge in [-0.2, -0.15) is 5.26 Å². The average Bonchev–Trinajstić information content (AvgIpc) is 2.61. The van der Waals surface area contributed by atoms with Crippen LogP contribution in [0.15, 0.2) is 29.2 Å². The third-order valence-corrected chi connectivity index (χ3v) is 3.75. The first-order valence-corrected chi connectivity index (χ1v) is 7.32. The first kappa shape index (κ1) is 15.9. The summed E-state index contributed by atoms with van der Waals surface area (Å²) in [6.07, 6.45) is -1.28. The molecule has 1 N–H and O–H groups in total. The number of pyridine rings is 1. The van der Waals surface area contributed by atoms with Gasteiger partial charge < -0.3 is 9.80 Å². The van der Waals surface area contributed by atoms with E-state index in [4.69, 9.17) is 5.26 Å². The summed E-state index contributed by atoms with van der Waals surface area (Å²) in [6.45, 7) is 2.22. The Balaban J connectivity index is 1.71. The normalized spacial score (nSPS) is 14.8. The van der Waals surface area contributed by atoms with Gasteiger partial charge in [-0.3, -0.25) is 9.78 Å². The zero-order valence-electron chi connectivity index (χ0n) is 12.6. The number of alkyl halides is 2. The highest BCUT2D eigenvalue weighted by molar-refractivity contribution is 5.44. The number of hydrogen-bond donors (Lipinski definition) is 1. The molecule has 3 rings (SSSR count). The molecular weight excluding hydrogens is 318 g/mol. The molecule has 0 bridgehead atoms. The van der Waals surface area contributed by atoms with Crippen molar-refractivity contribution in [3.8, 4) is 6.07 Å². The molecule has 2 aromatic heterocycles. The minimum atomic E-state index is -2.78. The summed E-state index contributed by atoms with van der Waals surface area (Å²) < 4.78 is 25.5. The molecule has 2 aromatic rings. The maximum atomic E-state index is 12.8. The highest BCUT2D eigenvalue weighted by Crippen LogP contribution is 2.19. The van der Waals surface area contributed by atoms with Crippen LogP contribution in [0.2, 0.25) is 0 Å². The predicted octanol–water partition coefficient (Wildman–Crippen LogP) is 1.30. The van der Waals surface area contributed by atoms with Gasteiger partial charge in [0.1, 0.15) is 17.6 Å². The Morgan fingerprint density at radius 1 is 1.21 bits per heavy atom. The van der Waals surface area contributed by atoms with Crippen molar-refractivity contribution in [1.82, 2.24) is 15.0 Å². The Labute approximate surface area is 136 Å². The topological polar surface area (TPSA) is 88.9 Å². The molecule has 0 unspecified atom stereocenters. The molecule has 124 valence electrons. The van der Waals surface area contributed by atoms with Crippen molar-refractivity contribution in [3.63, 3.8) is 0 Å². The summed E-state index contributed by atoms with van der Waals surface area (Å²) in [7, 11) is 0. The van der Waals surface area contributed by atoms with Crippen LogP contribution in [0.4, 0.5) is 20.5 Å². The molecule has 0 aromatic carbocycles. The van der Waals surface area contributed by atoms with E-state index in [0.717, 1.165) is 11.9 Å². The maximum absolute atomic E-state index is 12.8. The molecule has 7 nitrogen and oxygen atoms in total. The van der Waals surface area contributed by atoms with Crippen molar-refractivity contribution < 1.29 is 8.78 Å². The lowest BCUT2D eigenvalue weighted by Crippen LogP contribution is -2.47. The summed E-state index contributed by atoms with van der Waals surface area (Å²) in [5.41, 5.74) is -0.626. The number of halogens is 2. The molecule has 0 radical (unpaired) electrons. The van der Waals surface area contributed by atoms with Gasteiger partial charge in [0.2, 0.25) is 5.95 Å². The summed E-state index contributed by atoms with van der Waals surface area (Å²) in [5, 5.41) is 8.78. The van der Waals surface area contributed by atoms with Crippen LogP contribution in [0.3, 0.4) is 0 Å². The lowest BCUT2D eigenvalue weighted by Gasteiger charge is -2.35. The molecule has 1 saturated heterocycles. The second-order valence-electron chi connectivity index (χ2n) is 5.29. The van der Waals surface area contributed by atoms with Crippen LogP contribution >= 0.6 is 0 Å². The average molecular weight is 332 g/mol. The molecule has 1 fully saturated rings. The van der Waals surface area contributed by atoms with E-state index in [9.17, 15) is 13.6 Å². The Kier molecular flexibility index (Phi) is 4.37. The lowest BCUT2D eigenvalue weighted by molar-refractivity contribution is 0.146. The van der Waals surface area contributed by atoms with E-state index in [0.29, 0.717) is 31.7 Å². The Hall–Kier alpha value is -3.02. The SMILES string of the molecule is N#Cc1ccc(N2CCN(c3nc(C(F)F)cc(=O)[nH]3)CC2)nc1. The van der Waals surface area contributed by atoms with E-state index in [2.05, 4.69) is 15.0 Å². The van der Waals surface area contributed by atoms with Gasteiger partial charge in [0.15, 0.2) is 0 Å². The number of anilines is 2. The Bertz CT molecular complexity index is 806. The van der Waals surface area contributed by atoms with Crippen LogP contribution < -0.4 is 15.4 Å². The molecule has 0 saturated carbocycles. The predicted molar refractivity (Wildman–Crippen MR) is 83.2 cm³/mol. The van der Waals surface area contributed by atoms with Crippen LogP contribution in [0, 0.1) is 11.3 Å². The van der Waals surface area contributed by atoms with Crippen LogP contribution in [-0.2, 0) is 0 Å². The summed E-state index contributed by atoms with van der Waals surface area (Å²) in [4.78, 5) is 25.8. The Morgan fingerprint density at radius 2 is 1.92 bits per heavy atom. The number of piperazine rings is 1. The number of rotatable bonds is 3. The van der Waals surface area contributed by atoms with Crippen molar-refractivity contribution in [2.24, 2.45) is 0 Å². The molecule has 0 amide bonds. The van der Waals surface area contributed by atoms with Crippen LogP contribution in [0.1, 0.15) is 17.7 Å². The number of nitrogens with zero attached hydrogens (tertiary/aromatic N) is 5. The second-order valence-corrected chi connectivity index (χ2v) is 5.29. The Morgan fingerprint density at radius 3 is 2.50 bits per heavy atom. The van der Waals surface area contributed by atoms with Gasteiger partial charge in [-0.15, -0.1) is 0 Å². The quantitative estimate of drug-likeness (QED) is 0.911. The molecule has 0 atom stereocenters. The van der Waals surface area contributed by atoms with E-state index >= 15 is 0 Å². The largest absolute Gasteiger partial charge is 0.353 e. The lowest BCUT2D eigenvalue weighted by atomic mass is 10.2. The highest BCUT2D eigenvalue weighted by Gasteiger charge is 2.21. The maximum Gasteiger partial charge on any atom is 0.280 e. The van der Waals surface area contributed by atoms with E-state index in [-0.39, 0.29) is 5.95 Å². The van der Waals surface area contributed by atoms with Gasteiger partial charge in [0, 0.05) is 38.4 Å². The molecule has 24 heavy (non-hydrogen) atoms. The monoisotopic (exact) mass is 332 g/mol. The number of aromatic amines is 1. The summed E-state index contributed by atoms with van der Waals surface area (Å²) in [6, 6.07) is 6.29. The first-order valence-electron chi connectivity index (χ1n) is 7.32. The molecule has 1 aliphatic rings. The van der Waals surface area contributed by atoms with Gasteiger partial charge in [-0.25, -0.2) is 18.7 Å². The summed E-state index contributed by atoms with van der Waals surface area (Å²) >= 11 is 0. The fraction of sp³-hybridized carbons (Fsp3) is 0.333.